The van der Waals surface area contributed by atoms with E-state index in [0.29, 0.717) is 0 Å². The van der Waals surface area contributed by atoms with Gasteiger partial charge in [-0.2, -0.15) is 0 Å². The minimum Gasteiger partial charge on any atom is -0.0654 e. The maximum atomic E-state index is 2.51. The first-order valence-corrected chi connectivity index (χ1v) is 19.8. The van der Waals surface area contributed by atoms with Crippen molar-refractivity contribution in [1.82, 2.24) is 0 Å². The molecule has 0 atom stereocenters. The summed E-state index contributed by atoms with van der Waals surface area (Å²) in [5.41, 5.74) is 0. The van der Waals surface area contributed by atoms with Crippen LogP contribution in [0.2, 0.25) is 0 Å². The molecule has 0 bridgehead atoms. The smallest absolute Gasteiger partial charge is 0.0443 e. The minimum atomic E-state index is 0.965. The summed E-state index contributed by atoms with van der Waals surface area (Å²) in [6.07, 6.45) is 53.2. The molecular weight excluding hydrogens is 480 g/mol. The van der Waals surface area contributed by atoms with Crippen molar-refractivity contribution in [2.75, 3.05) is 0 Å². The van der Waals surface area contributed by atoms with Crippen LogP contribution in [0.15, 0.2) is 0 Å². The zero-order valence-electron chi connectivity index (χ0n) is 29.0. The van der Waals surface area contributed by atoms with Crippen LogP contribution < -0.4 is 0 Å². The Kier molecular flexibility index (Phi) is 37.0. The van der Waals surface area contributed by atoms with E-state index < -0.39 is 0 Å². The molecule has 0 spiro atoms. The highest BCUT2D eigenvalue weighted by Gasteiger charge is 2.02. The van der Waals surface area contributed by atoms with Crippen LogP contribution in [0.3, 0.4) is 0 Å². The van der Waals surface area contributed by atoms with Gasteiger partial charge in [-0.3, -0.25) is 0 Å². The quantitative estimate of drug-likeness (QED) is 0.0666. The highest BCUT2D eigenvalue weighted by Crippen LogP contribution is 2.20. The molecule has 0 amide bonds. The van der Waals surface area contributed by atoms with Crippen molar-refractivity contribution in [3.8, 4) is 0 Å². The molecule has 0 saturated carbocycles. The van der Waals surface area contributed by atoms with Crippen LogP contribution in [0.1, 0.15) is 252 Å². The lowest BCUT2D eigenvalue weighted by atomic mass is 9.95. The Labute approximate surface area is 257 Å². The van der Waals surface area contributed by atoms with Crippen molar-refractivity contribution in [3.05, 3.63) is 0 Å². The SMILES string of the molecule is CCCCCCCCCCCCCCCCCCCC(C)CCCCCCCCCCCCCCCCCCC. The van der Waals surface area contributed by atoms with Crippen molar-refractivity contribution in [3.63, 3.8) is 0 Å². The monoisotopic (exact) mass is 563 g/mol. The molecule has 0 aromatic heterocycles. The topological polar surface area (TPSA) is 0 Å². The van der Waals surface area contributed by atoms with Gasteiger partial charge in [0.1, 0.15) is 0 Å². The predicted octanol–water partition coefficient (Wildman–Crippen LogP) is 15.7. The van der Waals surface area contributed by atoms with Crippen molar-refractivity contribution in [2.24, 2.45) is 5.92 Å². The highest BCUT2D eigenvalue weighted by atomic mass is 14.1. The van der Waals surface area contributed by atoms with Crippen molar-refractivity contribution < 1.29 is 0 Å². The fourth-order valence-corrected chi connectivity index (χ4v) is 6.58. The Morgan fingerprint density at radius 3 is 0.550 bits per heavy atom. The average molecular weight is 563 g/mol. The lowest BCUT2D eigenvalue weighted by molar-refractivity contribution is 0.429. The van der Waals surface area contributed by atoms with Crippen molar-refractivity contribution >= 4 is 0 Å². The maximum Gasteiger partial charge on any atom is -0.0443 e. The van der Waals surface area contributed by atoms with Gasteiger partial charge in [-0.05, 0) is 5.92 Å². The van der Waals surface area contributed by atoms with E-state index in [9.17, 15) is 0 Å². The van der Waals surface area contributed by atoms with E-state index in [4.69, 9.17) is 0 Å². The number of unbranched alkanes of at least 4 members (excludes halogenated alkanes) is 32. The third-order valence-corrected chi connectivity index (χ3v) is 9.60. The summed E-state index contributed by atoms with van der Waals surface area (Å²) >= 11 is 0. The molecule has 0 aliphatic rings. The Bertz CT molecular complexity index is 374. The van der Waals surface area contributed by atoms with Gasteiger partial charge in [-0.1, -0.05) is 252 Å². The molecule has 0 saturated heterocycles. The number of hydrogen-bond acceptors (Lipinski definition) is 0. The standard InChI is InChI=1S/C40H82/c1-4-6-8-10-12-14-16-18-20-22-24-26-28-30-32-34-36-38-40(3)39-37-35-33-31-29-27-25-23-21-19-17-15-13-11-9-7-5-2/h40H,4-39H2,1-3H3. The Morgan fingerprint density at radius 1 is 0.225 bits per heavy atom. The van der Waals surface area contributed by atoms with Crippen molar-refractivity contribution in [2.45, 2.75) is 252 Å². The van der Waals surface area contributed by atoms with E-state index in [2.05, 4.69) is 20.8 Å². The molecule has 0 heterocycles. The molecule has 0 nitrogen and oxygen atoms in total. The molecule has 0 aliphatic carbocycles. The highest BCUT2D eigenvalue weighted by molar-refractivity contribution is 4.57. The first kappa shape index (κ1) is 40.0. The number of rotatable bonds is 36. The van der Waals surface area contributed by atoms with Gasteiger partial charge in [0.25, 0.3) is 0 Å². The molecular formula is C40H82. The van der Waals surface area contributed by atoms with E-state index in [1.165, 1.54) is 231 Å². The van der Waals surface area contributed by atoms with Gasteiger partial charge in [-0.25, -0.2) is 0 Å². The molecule has 0 radical (unpaired) electrons. The summed E-state index contributed by atoms with van der Waals surface area (Å²) in [5.74, 6) is 0.965. The lowest BCUT2D eigenvalue weighted by Crippen LogP contribution is -1.95. The van der Waals surface area contributed by atoms with Gasteiger partial charge < -0.3 is 0 Å². The first-order chi connectivity index (χ1) is 19.8. The Morgan fingerprint density at radius 2 is 0.375 bits per heavy atom. The van der Waals surface area contributed by atoms with Gasteiger partial charge in [0.2, 0.25) is 0 Å². The maximum absolute atomic E-state index is 2.51. The van der Waals surface area contributed by atoms with E-state index in [1.54, 1.807) is 0 Å². The van der Waals surface area contributed by atoms with E-state index >= 15 is 0 Å². The van der Waals surface area contributed by atoms with E-state index in [1.807, 2.05) is 0 Å². The molecule has 242 valence electrons. The second-order valence-electron chi connectivity index (χ2n) is 14.0. The Balaban J connectivity index is 3.13. The van der Waals surface area contributed by atoms with Crippen LogP contribution in [-0.2, 0) is 0 Å². The summed E-state index contributed by atoms with van der Waals surface area (Å²) in [4.78, 5) is 0. The molecule has 0 heteroatoms. The zero-order valence-corrected chi connectivity index (χ0v) is 29.0. The average Bonchev–Trinajstić information content (AvgIpc) is 2.96. The molecule has 0 aromatic carbocycles. The molecule has 40 heavy (non-hydrogen) atoms. The van der Waals surface area contributed by atoms with Crippen LogP contribution in [-0.4, -0.2) is 0 Å². The van der Waals surface area contributed by atoms with Crippen LogP contribution in [0.5, 0.6) is 0 Å². The van der Waals surface area contributed by atoms with E-state index in [0.717, 1.165) is 5.92 Å². The third kappa shape index (κ3) is 36.0. The second kappa shape index (κ2) is 37.0. The second-order valence-corrected chi connectivity index (χ2v) is 14.0. The normalized spacial score (nSPS) is 11.7. The van der Waals surface area contributed by atoms with Crippen LogP contribution in [0.4, 0.5) is 0 Å². The largest absolute Gasteiger partial charge is 0.0654 e. The molecule has 0 fully saturated rings. The molecule has 0 unspecified atom stereocenters. The van der Waals surface area contributed by atoms with E-state index in [-0.39, 0.29) is 0 Å². The summed E-state index contributed by atoms with van der Waals surface area (Å²) in [5, 5.41) is 0. The zero-order chi connectivity index (χ0) is 29.0. The fraction of sp³-hybridized carbons (Fsp3) is 1.00. The third-order valence-electron chi connectivity index (χ3n) is 9.60. The summed E-state index contributed by atoms with van der Waals surface area (Å²) in [6.45, 7) is 7.13. The number of hydrogen-bond donors (Lipinski definition) is 0. The summed E-state index contributed by atoms with van der Waals surface area (Å²) in [7, 11) is 0. The minimum absolute atomic E-state index is 0.965. The van der Waals surface area contributed by atoms with Gasteiger partial charge in [0.15, 0.2) is 0 Å². The van der Waals surface area contributed by atoms with Crippen molar-refractivity contribution in [1.29, 1.82) is 0 Å². The Hall–Kier alpha value is 0. The van der Waals surface area contributed by atoms with Crippen LogP contribution >= 0.6 is 0 Å². The van der Waals surface area contributed by atoms with Gasteiger partial charge in [0.05, 0.1) is 0 Å². The predicted molar refractivity (Wildman–Crippen MR) is 187 cm³/mol. The summed E-state index contributed by atoms with van der Waals surface area (Å²) < 4.78 is 0. The van der Waals surface area contributed by atoms with Gasteiger partial charge >= 0.3 is 0 Å². The fourth-order valence-electron chi connectivity index (χ4n) is 6.58. The van der Waals surface area contributed by atoms with Gasteiger partial charge in [0, 0.05) is 0 Å². The molecule has 0 rings (SSSR count). The summed E-state index contributed by atoms with van der Waals surface area (Å²) in [6, 6.07) is 0. The lowest BCUT2D eigenvalue weighted by Gasteiger charge is -2.11. The van der Waals surface area contributed by atoms with Crippen LogP contribution in [0, 0.1) is 5.92 Å². The first-order valence-electron chi connectivity index (χ1n) is 19.8. The molecule has 0 aliphatic heterocycles. The molecule has 0 N–H and O–H groups in total. The van der Waals surface area contributed by atoms with Gasteiger partial charge in [-0.15, -0.1) is 0 Å². The van der Waals surface area contributed by atoms with Crippen LogP contribution in [0.25, 0.3) is 0 Å². The molecule has 0 aromatic rings.